The molecule has 10 aromatic rings. The van der Waals surface area contributed by atoms with E-state index in [1.165, 1.54) is 81.0 Å². The Morgan fingerprint density at radius 3 is 1.81 bits per heavy atom. The van der Waals surface area contributed by atoms with Gasteiger partial charge >= 0.3 is 0 Å². The zero-order valence-corrected chi connectivity index (χ0v) is 33.4. The van der Waals surface area contributed by atoms with Gasteiger partial charge in [-0.05, 0) is 104 Å². The second-order valence-corrected chi connectivity index (χ2v) is 16.9. The summed E-state index contributed by atoms with van der Waals surface area (Å²) in [6.45, 7) is 4.65. The molecule has 0 spiro atoms. The van der Waals surface area contributed by atoms with Crippen molar-refractivity contribution in [3.8, 4) is 22.3 Å². The van der Waals surface area contributed by atoms with Crippen molar-refractivity contribution >= 4 is 59.3 Å². The van der Waals surface area contributed by atoms with Crippen LogP contribution in [-0.2, 0) is 5.41 Å². The van der Waals surface area contributed by atoms with E-state index in [1.807, 2.05) is 11.3 Å². The van der Waals surface area contributed by atoms with Crippen molar-refractivity contribution in [3.05, 3.63) is 234 Å². The average molecular weight is 760 g/mol. The van der Waals surface area contributed by atoms with Crippen molar-refractivity contribution in [1.29, 1.82) is 0 Å². The number of rotatable bonds is 7. The van der Waals surface area contributed by atoms with Crippen LogP contribution in [-0.4, -0.2) is 0 Å². The summed E-state index contributed by atoms with van der Waals surface area (Å²) in [6.07, 6.45) is 0. The van der Waals surface area contributed by atoms with Crippen LogP contribution in [0.1, 0.15) is 47.6 Å². The fourth-order valence-corrected chi connectivity index (χ4v) is 10.9. The molecule has 0 atom stereocenters. The Bertz CT molecular complexity index is 3100. The highest BCUT2D eigenvalue weighted by atomic mass is 32.1. The molecule has 58 heavy (non-hydrogen) atoms. The van der Waals surface area contributed by atoms with E-state index >= 15 is 0 Å². The molecule has 0 saturated carbocycles. The molecule has 0 unspecified atom stereocenters. The Morgan fingerprint density at radius 2 is 1.07 bits per heavy atom. The van der Waals surface area contributed by atoms with Gasteiger partial charge in [-0.25, -0.2) is 0 Å². The Balaban J connectivity index is 1.26. The van der Waals surface area contributed by atoms with Crippen molar-refractivity contribution in [2.75, 3.05) is 4.90 Å². The minimum absolute atomic E-state index is 0.361. The van der Waals surface area contributed by atoms with Gasteiger partial charge in [0, 0.05) is 37.1 Å². The standard InChI is InChI=1S/C56H41NS/c1-37(2)44-26-16-27-49-55(44)47-32-30-43(36-50(47)56(49,40-20-8-4-9-21-40)41-22-10-5-11-23-41)57(42-31-34-53-48(35-42)46-25-14-15-28-52(46)58-53)51-33-29-38-17-12-13-24-45(38)54(51)39-18-6-3-7-19-39/h3-37H,1-2H3. The molecule has 0 amide bonds. The minimum Gasteiger partial charge on any atom is -0.310 e. The Hall–Kier alpha value is -6.74. The lowest BCUT2D eigenvalue weighted by atomic mass is 9.67. The molecule has 9 aromatic carbocycles. The lowest BCUT2D eigenvalue weighted by Crippen LogP contribution is -2.28. The van der Waals surface area contributed by atoms with Crippen LogP contribution in [0, 0.1) is 0 Å². The first-order valence-electron chi connectivity index (χ1n) is 20.3. The molecular formula is C56H41NS. The van der Waals surface area contributed by atoms with Crippen LogP contribution in [0.3, 0.4) is 0 Å². The number of hydrogen-bond acceptors (Lipinski definition) is 2. The van der Waals surface area contributed by atoms with Crippen LogP contribution < -0.4 is 4.90 Å². The van der Waals surface area contributed by atoms with E-state index in [9.17, 15) is 0 Å². The fourth-order valence-electron chi connectivity index (χ4n) is 9.81. The third-order valence-corrected chi connectivity index (χ3v) is 13.5. The highest BCUT2D eigenvalue weighted by molar-refractivity contribution is 7.25. The molecule has 1 aliphatic carbocycles. The first kappa shape index (κ1) is 34.5. The van der Waals surface area contributed by atoms with Gasteiger partial charge in [-0.15, -0.1) is 11.3 Å². The summed E-state index contributed by atoms with van der Waals surface area (Å²) in [7, 11) is 0. The van der Waals surface area contributed by atoms with Gasteiger partial charge in [0.1, 0.15) is 0 Å². The predicted molar refractivity (Wildman–Crippen MR) is 248 cm³/mol. The summed E-state index contributed by atoms with van der Waals surface area (Å²) in [5, 5.41) is 5.03. The first-order valence-corrected chi connectivity index (χ1v) is 21.1. The number of anilines is 3. The van der Waals surface area contributed by atoms with Gasteiger partial charge < -0.3 is 4.90 Å². The molecule has 1 aromatic heterocycles. The van der Waals surface area contributed by atoms with Gasteiger partial charge in [0.05, 0.1) is 11.1 Å². The van der Waals surface area contributed by atoms with Gasteiger partial charge in [0.15, 0.2) is 0 Å². The van der Waals surface area contributed by atoms with Crippen LogP contribution in [0.5, 0.6) is 0 Å². The summed E-state index contributed by atoms with van der Waals surface area (Å²) >= 11 is 1.86. The molecule has 0 fully saturated rings. The Labute approximate surface area is 344 Å². The van der Waals surface area contributed by atoms with E-state index in [0.717, 1.165) is 17.1 Å². The fraction of sp³-hybridized carbons (Fsp3) is 0.0714. The Kier molecular flexibility index (Phi) is 8.17. The number of nitrogens with zero attached hydrogens (tertiary/aromatic N) is 1. The van der Waals surface area contributed by atoms with Crippen molar-refractivity contribution in [1.82, 2.24) is 0 Å². The summed E-state index contributed by atoms with van der Waals surface area (Å²) in [5.41, 5.74) is 14.5. The van der Waals surface area contributed by atoms with Crippen LogP contribution in [0.15, 0.2) is 206 Å². The second-order valence-electron chi connectivity index (χ2n) is 15.8. The van der Waals surface area contributed by atoms with Gasteiger partial charge in [0.2, 0.25) is 0 Å². The number of hydrogen-bond donors (Lipinski definition) is 0. The smallest absolute Gasteiger partial charge is 0.0714 e. The lowest BCUT2D eigenvalue weighted by Gasteiger charge is -2.35. The molecule has 0 bridgehead atoms. The average Bonchev–Trinajstić information content (AvgIpc) is 3.80. The minimum atomic E-state index is -0.529. The number of benzene rings is 9. The van der Waals surface area contributed by atoms with Crippen LogP contribution in [0.2, 0.25) is 0 Å². The van der Waals surface area contributed by atoms with Crippen molar-refractivity contribution in [3.63, 3.8) is 0 Å². The highest BCUT2D eigenvalue weighted by Gasteiger charge is 2.47. The molecule has 1 heterocycles. The zero-order valence-electron chi connectivity index (χ0n) is 32.6. The number of fused-ring (bicyclic) bond motifs is 7. The molecule has 0 N–H and O–H groups in total. The molecule has 0 saturated heterocycles. The Morgan fingerprint density at radius 1 is 0.448 bits per heavy atom. The quantitative estimate of drug-likeness (QED) is 0.156. The van der Waals surface area contributed by atoms with Crippen LogP contribution >= 0.6 is 11.3 Å². The molecule has 0 radical (unpaired) electrons. The lowest BCUT2D eigenvalue weighted by molar-refractivity contribution is 0.765. The van der Waals surface area contributed by atoms with E-state index in [-0.39, 0.29) is 0 Å². The highest BCUT2D eigenvalue weighted by Crippen LogP contribution is 2.59. The van der Waals surface area contributed by atoms with Gasteiger partial charge in [0.25, 0.3) is 0 Å². The SMILES string of the molecule is CC(C)c1cccc2c1-c1ccc(N(c3ccc4sc5ccccc5c4c3)c3ccc4ccccc4c3-c3ccccc3)cc1C2(c1ccccc1)c1ccccc1. The van der Waals surface area contributed by atoms with Crippen molar-refractivity contribution < 1.29 is 0 Å². The summed E-state index contributed by atoms with van der Waals surface area (Å²) in [4.78, 5) is 2.52. The maximum atomic E-state index is 2.52. The zero-order chi connectivity index (χ0) is 38.8. The molecule has 1 aliphatic rings. The maximum absolute atomic E-state index is 2.52. The predicted octanol–water partition coefficient (Wildman–Crippen LogP) is 15.8. The molecule has 276 valence electrons. The number of thiophene rings is 1. The van der Waals surface area contributed by atoms with E-state index in [0.29, 0.717) is 5.92 Å². The van der Waals surface area contributed by atoms with Crippen molar-refractivity contribution in [2.45, 2.75) is 25.2 Å². The van der Waals surface area contributed by atoms with Crippen LogP contribution in [0.4, 0.5) is 17.1 Å². The summed E-state index contributed by atoms with van der Waals surface area (Å²) < 4.78 is 2.60. The monoisotopic (exact) mass is 759 g/mol. The van der Waals surface area contributed by atoms with Gasteiger partial charge in [-0.2, -0.15) is 0 Å². The molecule has 0 aliphatic heterocycles. The van der Waals surface area contributed by atoms with E-state index in [4.69, 9.17) is 0 Å². The van der Waals surface area contributed by atoms with E-state index in [1.54, 1.807) is 0 Å². The van der Waals surface area contributed by atoms with Crippen LogP contribution in [0.25, 0.3) is 53.2 Å². The summed E-state index contributed by atoms with van der Waals surface area (Å²) in [6, 6.07) is 76.9. The van der Waals surface area contributed by atoms with E-state index < -0.39 is 5.41 Å². The molecular weight excluding hydrogens is 719 g/mol. The van der Waals surface area contributed by atoms with Gasteiger partial charge in [-0.1, -0.05) is 178 Å². The third kappa shape index (κ3) is 5.22. The topological polar surface area (TPSA) is 3.24 Å². The molecule has 1 nitrogen and oxygen atoms in total. The van der Waals surface area contributed by atoms with E-state index in [2.05, 4.69) is 225 Å². The second kappa shape index (κ2) is 13.7. The third-order valence-electron chi connectivity index (χ3n) is 12.3. The largest absolute Gasteiger partial charge is 0.310 e. The summed E-state index contributed by atoms with van der Waals surface area (Å²) in [5.74, 6) is 0.361. The maximum Gasteiger partial charge on any atom is 0.0714 e. The van der Waals surface area contributed by atoms with Crippen molar-refractivity contribution in [2.24, 2.45) is 0 Å². The first-order chi connectivity index (χ1) is 28.6. The normalized spacial score (nSPS) is 12.9. The molecule has 2 heteroatoms. The van der Waals surface area contributed by atoms with Gasteiger partial charge in [-0.3, -0.25) is 0 Å². The molecule has 11 rings (SSSR count).